The zero-order valence-electron chi connectivity index (χ0n) is 73.9. The largest absolute Gasteiger partial charge is 0.456 e. The highest BCUT2D eigenvalue weighted by atomic mass is 16.3. The minimum atomic E-state index is -0.805. The molecule has 14 aromatic carbocycles. The van der Waals surface area contributed by atoms with Crippen molar-refractivity contribution in [1.82, 2.24) is 9.13 Å². The normalized spacial score (nSPS) is 15.3. The standard InChI is InChI=1S/C96H77BN4O/c1-94(2,3)65-51-64(52-66(54-65)95(4,5)6)63-45-48-78-84(53-63)100(92-76(61-31-15-11-16-32-61)55-67(96(7,8)9)56-77(92)62-33-17-12-18-34-62)86-58-69(99-82-42-26-21-37-73(82)74-38-22-27-43-83(74)99)59-87-91(86)97(78)79-49-46-68(98-80-40-24-19-35-71(80)72-36-20-25-41-81(72)98)57-85(79)101(87)93-70(60-29-13-10-14-30-60)47-50-89-90(93)75-39-23-28-44-88(75)102-89/h10-59H,1-9H3/i19D,20D,21D,22D,24D,25D,26D,27D,35D,36D,37D,38D,40D,41D,42D,43D. The van der Waals surface area contributed by atoms with Gasteiger partial charge in [0.2, 0.25) is 0 Å². The van der Waals surface area contributed by atoms with E-state index < -0.39 is 109 Å². The van der Waals surface area contributed by atoms with Crippen LogP contribution in [-0.4, -0.2) is 15.8 Å². The van der Waals surface area contributed by atoms with Crippen molar-refractivity contribution in [2.24, 2.45) is 0 Å². The van der Waals surface area contributed by atoms with Gasteiger partial charge in [0.1, 0.15) is 11.2 Å². The second kappa shape index (κ2) is 22.8. The highest BCUT2D eigenvalue weighted by Crippen LogP contribution is 2.56. The average Bonchev–Trinajstić information content (AvgIpc) is 1.10. The summed E-state index contributed by atoms with van der Waals surface area (Å²) in [5.41, 5.74) is 16.0. The summed E-state index contributed by atoms with van der Waals surface area (Å²) in [6, 6.07) is 61.3. The Kier molecular flexibility index (Phi) is 10.4. The molecule has 3 aromatic heterocycles. The van der Waals surface area contributed by atoms with Crippen molar-refractivity contribution < 1.29 is 26.3 Å². The lowest BCUT2D eigenvalue weighted by Gasteiger charge is -2.46. The van der Waals surface area contributed by atoms with Crippen LogP contribution >= 0.6 is 0 Å². The molecule has 0 bridgehead atoms. The summed E-state index contributed by atoms with van der Waals surface area (Å²) in [6.07, 6.45) is 0. The van der Waals surface area contributed by atoms with Gasteiger partial charge in [-0.25, -0.2) is 0 Å². The van der Waals surface area contributed by atoms with E-state index in [0.29, 0.717) is 50.3 Å². The first-order chi connectivity index (χ1) is 56.2. The Labute approximate surface area is 619 Å². The number of benzene rings is 14. The van der Waals surface area contributed by atoms with Gasteiger partial charge in [0.05, 0.1) is 66.4 Å². The average molecular weight is 1330 g/mol. The van der Waals surface area contributed by atoms with Gasteiger partial charge in [-0.15, -0.1) is 0 Å². The van der Waals surface area contributed by atoms with Gasteiger partial charge in [-0.2, -0.15) is 0 Å². The van der Waals surface area contributed by atoms with Crippen LogP contribution in [-0.2, 0) is 16.2 Å². The quantitative estimate of drug-likeness (QED) is 0.142. The van der Waals surface area contributed by atoms with Crippen LogP contribution in [0.2, 0.25) is 0 Å². The maximum Gasteiger partial charge on any atom is 0.252 e. The molecule has 0 saturated heterocycles. The molecule has 0 atom stereocenters. The summed E-state index contributed by atoms with van der Waals surface area (Å²) in [4.78, 5) is 4.50. The Morgan fingerprint density at radius 2 is 0.735 bits per heavy atom. The van der Waals surface area contributed by atoms with Crippen LogP contribution in [0.1, 0.15) is 101 Å². The Morgan fingerprint density at radius 3 is 1.25 bits per heavy atom. The van der Waals surface area contributed by atoms with E-state index >= 15 is 0 Å². The first kappa shape index (κ1) is 46.5. The number of nitrogens with zero attached hydrogens (tertiary/aromatic N) is 4. The fraction of sp³-hybridized carbons (Fsp3) is 0.125. The second-order valence-electron chi connectivity index (χ2n) is 30.1. The summed E-state index contributed by atoms with van der Waals surface area (Å²) in [5, 5.41) is 0.924. The zero-order chi connectivity index (χ0) is 83.0. The van der Waals surface area contributed by atoms with E-state index in [9.17, 15) is 19.2 Å². The zero-order valence-corrected chi connectivity index (χ0v) is 57.9. The van der Waals surface area contributed by atoms with E-state index in [2.05, 4.69) is 145 Å². The number of aromatic nitrogens is 2. The predicted octanol–water partition coefficient (Wildman–Crippen LogP) is 24.4. The number of fused-ring (bicyclic) bond motifs is 13. The third kappa shape index (κ3) is 9.59. The summed E-state index contributed by atoms with van der Waals surface area (Å²) in [5.74, 6) is 0. The summed E-state index contributed by atoms with van der Waals surface area (Å²) < 4.78 is 164. The molecule has 6 heteroatoms. The number of para-hydroxylation sites is 5. The lowest BCUT2D eigenvalue weighted by atomic mass is 9.33. The summed E-state index contributed by atoms with van der Waals surface area (Å²) in [7, 11) is 0. The first-order valence-corrected chi connectivity index (χ1v) is 34.7. The van der Waals surface area contributed by atoms with Crippen LogP contribution in [0, 0.1) is 0 Å². The van der Waals surface area contributed by atoms with Crippen molar-refractivity contribution >= 4 is 123 Å². The van der Waals surface area contributed by atoms with Crippen molar-refractivity contribution in [3.63, 3.8) is 0 Å². The number of furan rings is 1. The van der Waals surface area contributed by atoms with Gasteiger partial charge in [-0.3, -0.25) is 0 Å². The highest BCUT2D eigenvalue weighted by molar-refractivity contribution is 7.00. The third-order valence-electron chi connectivity index (χ3n) is 20.8. The molecule has 102 heavy (non-hydrogen) atoms. The van der Waals surface area contributed by atoms with Crippen molar-refractivity contribution in [2.45, 2.75) is 78.6 Å². The molecule has 0 radical (unpaired) electrons. The fourth-order valence-corrected chi connectivity index (χ4v) is 15.8. The van der Waals surface area contributed by atoms with Crippen LogP contribution in [0.4, 0.5) is 34.1 Å². The van der Waals surface area contributed by atoms with Gasteiger partial charge in [0, 0.05) is 72.1 Å². The van der Waals surface area contributed by atoms with Crippen LogP contribution in [0.3, 0.4) is 0 Å². The molecular formula is C96H77BN4O. The molecular weight excluding hydrogens is 1240 g/mol. The molecule has 2 aliphatic rings. The second-order valence-corrected chi connectivity index (χ2v) is 30.1. The Hall–Kier alpha value is -11.9. The van der Waals surface area contributed by atoms with Crippen molar-refractivity contribution in [3.05, 3.63) is 320 Å². The van der Waals surface area contributed by atoms with Gasteiger partial charge in [0.25, 0.3) is 6.71 Å². The van der Waals surface area contributed by atoms with Gasteiger partial charge in [-0.05, 0) is 162 Å². The number of hydrogen-bond donors (Lipinski definition) is 0. The number of hydrogen-bond acceptors (Lipinski definition) is 3. The molecule has 0 spiro atoms. The van der Waals surface area contributed by atoms with E-state index in [1.807, 2.05) is 133 Å². The minimum absolute atomic E-state index is 0.0917. The first-order valence-electron chi connectivity index (χ1n) is 42.7. The molecule has 5 nitrogen and oxygen atoms in total. The monoisotopic (exact) mass is 1330 g/mol. The van der Waals surface area contributed by atoms with Crippen LogP contribution < -0.4 is 26.2 Å². The van der Waals surface area contributed by atoms with E-state index in [0.717, 1.165) is 83.3 Å². The smallest absolute Gasteiger partial charge is 0.252 e. The maximum absolute atomic E-state index is 10.2. The van der Waals surface area contributed by atoms with E-state index in [-0.39, 0.29) is 65.8 Å². The van der Waals surface area contributed by atoms with Crippen molar-refractivity contribution in [1.29, 1.82) is 0 Å². The molecule has 19 rings (SSSR count). The van der Waals surface area contributed by atoms with E-state index in [1.165, 1.54) is 4.57 Å². The molecule has 0 aliphatic carbocycles. The fourth-order valence-electron chi connectivity index (χ4n) is 15.8. The molecule has 0 fully saturated rings. The third-order valence-corrected chi connectivity index (χ3v) is 20.8. The molecule has 490 valence electrons. The van der Waals surface area contributed by atoms with Crippen LogP contribution in [0.5, 0.6) is 0 Å². The minimum Gasteiger partial charge on any atom is -0.456 e. The maximum atomic E-state index is 10.2. The lowest BCUT2D eigenvalue weighted by molar-refractivity contribution is 0.569. The Balaban J connectivity index is 1.08. The van der Waals surface area contributed by atoms with Gasteiger partial charge < -0.3 is 23.4 Å². The predicted molar refractivity (Wildman–Crippen MR) is 434 cm³/mol. The number of anilines is 6. The van der Waals surface area contributed by atoms with Gasteiger partial charge >= 0.3 is 0 Å². The highest BCUT2D eigenvalue weighted by Gasteiger charge is 2.46. The molecule has 17 aromatic rings. The van der Waals surface area contributed by atoms with Gasteiger partial charge in [0.15, 0.2) is 0 Å². The Bertz CT molecular complexity index is 7030. The van der Waals surface area contributed by atoms with Crippen molar-refractivity contribution in [3.8, 4) is 55.9 Å². The lowest BCUT2D eigenvalue weighted by Crippen LogP contribution is -2.61. The van der Waals surface area contributed by atoms with Gasteiger partial charge in [-0.1, -0.05) is 280 Å². The van der Waals surface area contributed by atoms with Crippen LogP contribution in [0.15, 0.2) is 307 Å². The summed E-state index contributed by atoms with van der Waals surface area (Å²) >= 11 is 0. The number of rotatable bonds is 8. The Morgan fingerprint density at radius 1 is 0.314 bits per heavy atom. The molecule has 5 heterocycles. The summed E-state index contributed by atoms with van der Waals surface area (Å²) in [6.45, 7) is 19.1. The molecule has 0 N–H and O–H groups in total. The molecule has 2 aliphatic heterocycles. The van der Waals surface area contributed by atoms with Crippen LogP contribution in [0.25, 0.3) is 121 Å². The van der Waals surface area contributed by atoms with E-state index in [1.54, 1.807) is 4.57 Å². The van der Waals surface area contributed by atoms with Crippen molar-refractivity contribution in [2.75, 3.05) is 9.80 Å². The van der Waals surface area contributed by atoms with E-state index in [4.69, 9.17) is 7.16 Å². The SMILES string of the molecule is [2H]c1c([2H])c([2H])c2c(c1[2H])c1c([2H])c([2H])c([2H])c([2H])c1n2-c1ccc2c(c1)N(c1c(-c3ccccc3)ccc3oc4ccccc4c13)c1cc(-n3c4c([2H])c([2H])c([2H])c([2H])c4c4c([2H])c([2H])c([2H])c([2H])c43)cc3c1B2c1ccc(-c2cc(C(C)(C)C)cc(C(C)(C)C)c2)cc1N3c1c(-c2ccccc2)cc(C(C)(C)C)cc1-c1ccccc1. The molecule has 0 saturated carbocycles. The molecule has 0 unspecified atom stereocenters. The topological polar surface area (TPSA) is 29.5 Å². The molecule has 0 amide bonds.